The molecule has 1 heterocycles. The number of nitrogens with one attached hydrogen (secondary N) is 1. The molecule has 0 bridgehead atoms. The zero-order valence-corrected chi connectivity index (χ0v) is 30.9. The van der Waals surface area contributed by atoms with Gasteiger partial charge < -0.3 is 50.5 Å². The first kappa shape index (κ1) is 46.4. The second-order valence-corrected chi connectivity index (χ2v) is 13.6. The molecule has 50 heavy (non-hydrogen) atoms. The van der Waals surface area contributed by atoms with E-state index < -0.39 is 74.2 Å². The Hall–Kier alpha value is -1.67. The van der Waals surface area contributed by atoms with Gasteiger partial charge in [-0.1, -0.05) is 102 Å². The van der Waals surface area contributed by atoms with Gasteiger partial charge in [-0.25, -0.2) is 0 Å². The number of aliphatic hydroxyl groups excluding tert-OH is 7. The van der Waals surface area contributed by atoms with E-state index in [1.165, 1.54) is 38.5 Å². The lowest BCUT2D eigenvalue weighted by Crippen LogP contribution is -2.60. The number of allylic oxidation sites excluding steroid dienone is 6. The lowest BCUT2D eigenvalue weighted by Gasteiger charge is -2.40. The van der Waals surface area contributed by atoms with Gasteiger partial charge in [0.2, 0.25) is 5.91 Å². The molecule has 0 radical (unpaired) electrons. The molecule has 1 aliphatic rings. The SMILES string of the molecule is CCCC/C=C\CCCCCCC(O)C(=O)NC(COC1OC(CO)C(O)C(O)C1O)C(O)C(O)CCC/C=C/CC/C=C/CCCCCC. The standard InChI is InChI=1S/C39H71NO10/c1-3-5-7-9-11-13-15-16-17-19-20-22-24-26-31(42)34(44)30(29-49-39-37(47)36(46)35(45)33(28-41)50-39)40-38(48)32(43)27-25-23-21-18-14-12-10-8-6-4-2/h10,12-13,15,19-20,30-37,39,41-47H,3-9,11,14,16-18,21-29H2,1-2H3,(H,40,48)/b12-10-,15-13+,20-19+. The van der Waals surface area contributed by atoms with Crippen molar-refractivity contribution >= 4 is 5.91 Å². The highest BCUT2D eigenvalue weighted by Crippen LogP contribution is 2.23. The number of carbonyl (C=O) groups excluding carboxylic acids is 1. The van der Waals surface area contributed by atoms with Gasteiger partial charge in [-0.05, 0) is 70.6 Å². The van der Waals surface area contributed by atoms with Crippen LogP contribution < -0.4 is 5.32 Å². The molecule has 292 valence electrons. The van der Waals surface area contributed by atoms with E-state index in [2.05, 4.69) is 55.6 Å². The van der Waals surface area contributed by atoms with Crippen LogP contribution in [-0.2, 0) is 14.3 Å². The van der Waals surface area contributed by atoms with Gasteiger partial charge in [-0.15, -0.1) is 0 Å². The van der Waals surface area contributed by atoms with Gasteiger partial charge in [0.05, 0.1) is 25.4 Å². The van der Waals surface area contributed by atoms with Gasteiger partial charge in [-0.3, -0.25) is 4.79 Å². The van der Waals surface area contributed by atoms with Crippen molar-refractivity contribution in [2.45, 2.75) is 191 Å². The van der Waals surface area contributed by atoms with Crippen LogP contribution in [0.15, 0.2) is 36.5 Å². The summed E-state index contributed by atoms with van der Waals surface area (Å²) in [5, 5.41) is 75.1. The van der Waals surface area contributed by atoms with Crippen LogP contribution in [0.5, 0.6) is 0 Å². The molecule has 9 atom stereocenters. The van der Waals surface area contributed by atoms with Crippen molar-refractivity contribution in [3.05, 3.63) is 36.5 Å². The lowest BCUT2D eigenvalue weighted by molar-refractivity contribution is -0.303. The summed E-state index contributed by atoms with van der Waals surface area (Å²) in [6, 6.07) is -1.19. The Morgan fingerprint density at radius 1 is 0.680 bits per heavy atom. The molecule has 0 aromatic rings. The topological polar surface area (TPSA) is 189 Å². The second-order valence-electron chi connectivity index (χ2n) is 13.6. The number of aliphatic hydroxyl groups is 7. The highest BCUT2D eigenvalue weighted by atomic mass is 16.7. The molecule has 1 fully saturated rings. The third-order valence-electron chi connectivity index (χ3n) is 9.14. The minimum absolute atomic E-state index is 0.234. The van der Waals surface area contributed by atoms with E-state index in [9.17, 15) is 40.5 Å². The first-order chi connectivity index (χ1) is 24.2. The maximum absolute atomic E-state index is 12.9. The molecule has 8 N–H and O–H groups in total. The van der Waals surface area contributed by atoms with Crippen LogP contribution in [-0.4, -0.2) is 110 Å². The molecule has 0 aliphatic carbocycles. The summed E-state index contributed by atoms with van der Waals surface area (Å²) in [4.78, 5) is 12.9. The number of unbranched alkanes of at least 4 members (excludes halogenated alkanes) is 12. The van der Waals surface area contributed by atoms with Gasteiger partial charge in [0.15, 0.2) is 6.29 Å². The third-order valence-corrected chi connectivity index (χ3v) is 9.14. The minimum atomic E-state index is -1.67. The molecule has 1 rings (SSSR count). The smallest absolute Gasteiger partial charge is 0.249 e. The third kappa shape index (κ3) is 20.4. The van der Waals surface area contributed by atoms with E-state index >= 15 is 0 Å². The summed E-state index contributed by atoms with van der Waals surface area (Å²) in [6.45, 7) is 3.29. The maximum atomic E-state index is 12.9. The zero-order chi connectivity index (χ0) is 37.0. The quantitative estimate of drug-likeness (QED) is 0.0389. The van der Waals surface area contributed by atoms with Crippen LogP contribution in [0.25, 0.3) is 0 Å². The average Bonchev–Trinajstić information content (AvgIpc) is 3.11. The Morgan fingerprint density at radius 2 is 1.22 bits per heavy atom. The maximum Gasteiger partial charge on any atom is 0.249 e. The molecule has 9 unspecified atom stereocenters. The number of ether oxygens (including phenoxy) is 2. The molecule has 11 nitrogen and oxygen atoms in total. The number of hydrogen-bond donors (Lipinski definition) is 8. The van der Waals surface area contributed by atoms with Crippen molar-refractivity contribution in [2.24, 2.45) is 0 Å². The van der Waals surface area contributed by atoms with Crippen molar-refractivity contribution in [3.8, 4) is 0 Å². The fourth-order valence-electron chi connectivity index (χ4n) is 5.79. The van der Waals surface area contributed by atoms with Crippen LogP contribution in [0.3, 0.4) is 0 Å². The van der Waals surface area contributed by atoms with Gasteiger partial charge in [-0.2, -0.15) is 0 Å². The van der Waals surface area contributed by atoms with E-state index in [4.69, 9.17) is 9.47 Å². The van der Waals surface area contributed by atoms with Crippen LogP contribution in [0.2, 0.25) is 0 Å². The largest absolute Gasteiger partial charge is 0.394 e. The summed E-state index contributed by atoms with van der Waals surface area (Å²) in [5.41, 5.74) is 0. The van der Waals surface area contributed by atoms with E-state index in [-0.39, 0.29) is 12.8 Å². The van der Waals surface area contributed by atoms with E-state index in [0.29, 0.717) is 19.3 Å². The van der Waals surface area contributed by atoms with Crippen molar-refractivity contribution in [1.29, 1.82) is 0 Å². The Morgan fingerprint density at radius 3 is 1.82 bits per heavy atom. The van der Waals surface area contributed by atoms with Crippen molar-refractivity contribution in [3.63, 3.8) is 0 Å². The molecule has 0 saturated carbocycles. The van der Waals surface area contributed by atoms with Crippen LogP contribution in [0, 0.1) is 0 Å². The molecular formula is C39H71NO10. The Balaban J connectivity index is 2.63. The molecular weight excluding hydrogens is 642 g/mol. The molecule has 0 spiro atoms. The Kier molecular flexibility index (Phi) is 27.7. The summed E-state index contributed by atoms with van der Waals surface area (Å²) in [6.07, 6.45) is 19.3. The van der Waals surface area contributed by atoms with E-state index in [1.54, 1.807) is 0 Å². The average molecular weight is 714 g/mol. The fraction of sp³-hybridized carbons (Fsp3) is 0.821. The number of amides is 1. The highest BCUT2D eigenvalue weighted by Gasteiger charge is 2.44. The van der Waals surface area contributed by atoms with Crippen molar-refractivity contribution in [1.82, 2.24) is 5.32 Å². The van der Waals surface area contributed by atoms with Crippen LogP contribution >= 0.6 is 0 Å². The predicted molar refractivity (Wildman–Crippen MR) is 196 cm³/mol. The first-order valence-corrected chi connectivity index (χ1v) is 19.4. The predicted octanol–water partition coefficient (Wildman–Crippen LogP) is 4.49. The molecule has 0 aromatic carbocycles. The second kappa shape index (κ2) is 29.9. The van der Waals surface area contributed by atoms with Crippen LogP contribution in [0.4, 0.5) is 0 Å². The van der Waals surface area contributed by atoms with Gasteiger partial charge in [0, 0.05) is 0 Å². The van der Waals surface area contributed by atoms with Gasteiger partial charge in [0.1, 0.15) is 36.6 Å². The van der Waals surface area contributed by atoms with Gasteiger partial charge in [0.25, 0.3) is 0 Å². The minimum Gasteiger partial charge on any atom is -0.394 e. The molecule has 11 heteroatoms. The Labute approximate surface area is 301 Å². The fourth-order valence-corrected chi connectivity index (χ4v) is 5.79. The van der Waals surface area contributed by atoms with Crippen molar-refractivity contribution < 1.29 is 50.0 Å². The monoisotopic (exact) mass is 714 g/mol. The van der Waals surface area contributed by atoms with Crippen molar-refractivity contribution in [2.75, 3.05) is 13.2 Å². The Bertz CT molecular complexity index is 913. The van der Waals surface area contributed by atoms with E-state index in [1.807, 2.05) is 0 Å². The van der Waals surface area contributed by atoms with E-state index in [0.717, 1.165) is 51.4 Å². The number of rotatable bonds is 30. The molecule has 1 saturated heterocycles. The zero-order valence-electron chi connectivity index (χ0n) is 30.9. The first-order valence-electron chi connectivity index (χ1n) is 19.4. The molecule has 1 aliphatic heterocycles. The normalized spacial score (nSPS) is 23.9. The summed E-state index contributed by atoms with van der Waals surface area (Å²) < 4.78 is 11.0. The molecule has 1 amide bonds. The summed E-state index contributed by atoms with van der Waals surface area (Å²) >= 11 is 0. The summed E-state index contributed by atoms with van der Waals surface area (Å²) in [5.74, 6) is -0.726. The number of hydrogen-bond acceptors (Lipinski definition) is 10. The molecule has 0 aromatic heterocycles. The summed E-state index contributed by atoms with van der Waals surface area (Å²) in [7, 11) is 0. The lowest BCUT2D eigenvalue weighted by atomic mass is 9.98. The number of carbonyl (C=O) groups is 1. The van der Waals surface area contributed by atoms with Crippen LogP contribution in [0.1, 0.15) is 136 Å². The van der Waals surface area contributed by atoms with Gasteiger partial charge >= 0.3 is 0 Å². The highest BCUT2D eigenvalue weighted by molar-refractivity contribution is 5.80.